The highest BCUT2D eigenvalue weighted by Gasteiger charge is 2.09. The molecule has 1 aromatic heterocycles. The Hall–Kier alpha value is -3.54. The van der Waals surface area contributed by atoms with E-state index in [0.717, 1.165) is 11.3 Å². The maximum atomic E-state index is 12.6. The van der Waals surface area contributed by atoms with E-state index >= 15 is 0 Å². The lowest BCUT2D eigenvalue weighted by Crippen LogP contribution is -2.23. The third-order valence-corrected chi connectivity index (χ3v) is 4.70. The summed E-state index contributed by atoms with van der Waals surface area (Å²) in [4.78, 5) is 16.9. The normalized spacial score (nSPS) is 10.3. The van der Waals surface area contributed by atoms with Gasteiger partial charge < -0.3 is 20.1 Å². The Bertz CT molecular complexity index is 1020. The molecule has 3 aromatic rings. The maximum absolute atomic E-state index is 12.6. The molecule has 0 atom stereocenters. The minimum Gasteiger partial charge on any atom is -0.493 e. The lowest BCUT2D eigenvalue weighted by molar-refractivity contribution is 0.0951. The van der Waals surface area contributed by atoms with E-state index in [1.54, 1.807) is 32.5 Å². The molecule has 3 rings (SSSR count). The summed E-state index contributed by atoms with van der Waals surface area (Å²) in [6.07, 6.45) is 1.62. The van der Waals surface area contributed by atoms with Crippen LogP contribution in [0.1, 0.15) is 27.0 Å². The Morgan fingerprint density at radius 2 is 1.72 bits per heavy atom. The average Bonchev–Trinajstić information content (AvgIpc) is 2.74. The molecule has 0 unspecified atom stereocenters. The second-order valence-corrected chi connectivity index (χ2v) is 6.73. The number of rotatable bonds is 7. The molecule has 1 amide bonds. The lowest BCUT2D eigenvalue weighted by atomic mass is 10.1. The number of carbonyl (C=O) groups is 1. The Morgan fingerprint density at radius 3 is 2.45 bits per heavy atom. The summed E-state index contributed by atoms with van der Waals surface area (Å²) in [6.45, 7) is 4.51. The first-order valence-electron chi connectivity index (χ1n) is 9.29. The summed E-state index contributed by atoms with van der Waals surface area (Å²) in [5.74, 6) is 1.72. The number of aromatic nitrogens is 1. The standard InChI is InChI=1S/C23H25N3O3/c1-15-5-7-19(11-16(15)2)26-22-13-18(9-10-24-22)23(27)25-14-17-6-8-20(28-3)21(12-17)29-4/h5-13H,14H2,1-4H3,(H,24,26)(H,25,27). The first-order chi connectivity index (χ1) is 14.0. The summed E-state index contributed by atoms with van der Waals surface area (Å²) in [5, 5.41) is 6.17. The summed E-state index contributed by atoms with van der Waals surface area (Å²) < 4.78 is 10.5. The van der Waals surface area contributed by atoms with Gasteiger partial charge in [-0.3, -0.25) is 4.79 Å². The summed E-state index contributed by atoms with van der Waals surface area (Å²) in [7, 11) is 3.17. The molecule has 0 saturated carbocycles. The van der Waals surface area contributed by atoms with Gasteiger partial charge >= 0.3 is 0 Å². The van der Waals surface area contributed by atoms with E-state index in [0.29, 0.717) is 29.4 Å². The fourth-order valence-corrected chi connectivity index (χ4v) is 2.88. The molecule has 6 heteroatoms. The van der Waals surface area contributed by atoms with Crippen molar-refractivity contribution < 1.29 is 14.3 Å². The van der Waals surface area contributed by atoms with Crippen molar-refractivity contribution in [1.29, 1.82) is 0 Å². The monoisotopic (exact) mass is 391 g/mol. The van der Waals surface area contributed by atoms with Crippen LogP contribution in [0.3, 0.4) is 0 Å². The van der Waals surface area contributed by atoms with Crippen molar-refractivity contribution in [2.45, 2.75) is 20.4 Å². The number of ether oxygens (including phenoxy) is 2. The van der Waals surface area contributed by atoms with Gasteiger partial charge in [0.2, 0.25) is 0 Å². The van der Waals surface area contributed by atoms with Gasteiger partial charge in [-0.1, -0.05) is 12.1 Å². The SMILES string of the molecule is COc1ccc(CNC(=O)c2ccnc(Nc3ccc(C)c(C)c3)c2)cc1OC. The summed E-state index contributed by atoms with van der Waals surface area (Å²) in [6, 6.07) is 15.1. The van der Waals surface area contributed by atoms with Crippen LogP contribution in [-0.2, 0) is 6.54 Å². The van der Waals surface area contributed by atoms with Gasteiger partial charge in [-0.05, 0) is 66.9 Å². The van der Waals surface area contributed by atoms with Crippen LogP contribution >= 0.6 is 0 Å². The maximum Gasteiger partial charge on any atom is 0.251 e. The number of pyridine rings is 1. The second kappa shape index (κ2) is 9.10. The van der Waals surface area contributed by atoms with Crippen LogP contribution in [0.5, 0.6) is 11.5 Å². The molecule has 6 nitrogen and oxygen atoms in total. The molecule has 0 radical (unpaired) electrons. The Balaban J connectivity index is 1.67. The zero-order valence-corrected chi connectivity index (χ0v) is 17.1. The molecular weight excluding hydrogens is 366 g/mol. The average molecular weight is 391 g/mol. The third-order valence-electron chi connectivity index (χ3n) is 4.70. The molecular formula is C23H25N3O3. The molecule has 0 aliphatic rings. The van der Waals surface area contributed by atoms with Gasteiger partial charge in [0.1, 0.15) is 5.82 Å². The number of aryl methyl sites for hydroxylation is 2. The van der Waals surface area contributed by atoms with Gasteiger partial charge in [-0.25, -0.2) is 4.98 Å². The van der Waals surface area contributed by atoms with E-state index in [-0.39, 0.29) is 5.91 Å². The molecule has 0 spiro atoms. The van der Waals surface area contributed by atoms with Gasteiger partial charge in [0.05, 0.1) is 14.2 Å². The Morgan fingerprint density at radius 1 is 0.931 bits per heavy atom. The number of carbonyl (C=O) groups excluding carboxylic acids is 1. The van der Waals surface area contributed by atoms with Gasteiger partial charge in [0.15, 0.2) is 11.5 Å². The fourth-order valence-electron chi connectivity index (χ4n) is 2.88. The van der Waals surface area contributed by atoms with Crippen molar-refractivity contribution in [1.82, 2.24) is 10.3 Å². The Labute approximate surface area is 170 Å². The van der Waals surface area contributed by atoms with E-state index in [1.165, 1.54) is 11.1 Å². The third kappa shape index (κ3) is 5.04. The molecule has 0 bridgehead atoms. The van der Waals surface area contributed by atoms with Crippen LogP contribution in [0.25, 0.3) is 0 Å². The summed E-state index contributed by atoms with van der Waals surface area (Å²) >= 11 is 0. The van der Waals surface area contributed by atoms with Crippen LogP contribution < -0.4 is 20.1 Å². The number of hydrogen-bond donors (Lipinski definition) is 2. The quantitative estimate of drug-likeness (QED) is 0.625. The molecule has 0 aliphatic carbocycles. The zero-order valence-electron chi connectivity index (χ0n) is 17.1. The topological polar surface area (TPSA) is 72.5 Å². The number of anilines is 2. The molecule has 1 heterocycles. The van der Waals surface area contributed by atoms with Crippen LogP contribution in [0.4, 0.5) is 11.5 Å². The van der Waals surface area contributed by atoms with E-state index < -0.39 is 0 Å². The van der Waals surface area contributed by atoms with Gasteiger partial charge in [-0.15, -0.1) is 0 Å². The van der Waals surface area contributed by atoms with E-state index in [1.807, 2.05) is 24.3 Å². The minimum atomic E-state index is -0.176. The number of methoxy groups -OCH3 is 2. The zero-order chi connectivity index (χ0) is 20.8. The number of hydrogen-bond acceptors (Lipinski definition) is 5. The van der Waals surface area contributed by atoms with Crippen LogP contribution in [0.2, 0.25) is 0 Å². The highest BCUT2D eigenvalue weighted by molar-refractivity contribution is 5.94. The summed E-state index contributed by atoms with van der Waals surface area (Å²) in [5.41, 5.74) is 4.81. The first-order valence-corrected chi connectivity index (χ1v) is 9.29. The van der Waals surface area contributed by atoms with Crippen molar-refractivity contribution in [3.63, 3.8) is 0 Å². The number of amides is 1. The van der Waals surface area contributed by atoms with Gasteiger partial charge in [0.25, 0.3) is 5.91 Å². The van der Waals surface area contributed by atoms with E-state index in [4.69, 9.17) is 9.47 Å². The molecule has 0 saturated heterocycles. The van der Waals surface area contributed by atoms with Crippen LogP contribution in [0.15, 0.2) is 54.7 Å². The van der Waals surface area contributed by atoms with Crippen molar-refractivity contribution in [2.75, 3.05) is 19.5 Å². The smallest absolute Gasteiger partial charge is 0.251 e. The molecule has 2 N–H and O–H groups in total. The van der Waals surface area contributed by atoms with Crippen LogP contribution in [0, 0.1) is 13.8 Å². The number of nitrogens with zero attached hydrogens (tertiary/aromatic N) is 1. The van der Waals surface area contributed by atoms with Crippen LogP contribution in [-0.4, -0.2) is 25.1 Å². The molecule has 29 heavy (non-hydrogen) atoms. The molecule has 0 aliphatic heterocycles. The van der Waals surface area contributed by atoms with Crippen molar-refractivity contribution >= 4 is 17.4 Å². The largest absolute Gasteiger partial charge is 0.493 e. The van der Waals surface area contributed by atoms with Crippen molar-refractivity contribution in [3.05, 3.63) is 77.0 Å². The predicted molar refractivity (Wildman–Crippen MR) is 114 cm³/mol. The van der Waals surface area contributed by atoms with Gasteiger partial charge in [-0.2, -0.15) is 0 Å². The fraction of sp³-hybridized carbons (Fsp3) is 0.217. The van der Waals surface area contributed by atoms with Crippen molar-refractivity contribution in [2.24, 2.45) is 0 Å². The van der Waals surface area contributed by atoms with Gasteiger partial charge in [0, 0.05) is 24.0 Å². The highest BCUT2D eigenvalue weighted by Crippen LogP contribution is 2.27. The van der Waals surface area contributed by atoms with Crippen molar-refractivity contribution in [3.8, 4) is 11.5 Å². The first kappa shape index (κ1) is 20.2. The van der Waals surface area contributed by atoms with E-state index in [9.17, 15) is 4.79 Å². The van der Waals surface area contributed by atoms with E-state index in [2.05, 4.69) is 41.6 Å². The Kier molecular flexibility index (Phi) is 6.34. The lowest BCUT2D eigenvalue weighted by Gasteiger charge is -2.11. The number of nitrogens with one attached hydrogen (secondary N) is 2. The number of benzene rings is 2. The minimum absolute atomic E-state index is 0.176. The molecule has 2 aromatic carbocycles. The molecule has 150 valence electrons. The highest BCUT2D eigenvalue weighted by atomic mass is 16.5. The predicted octanol–water partition coefficient (Wildman–Crippen LogP) is 4.39. The molecule has 0 fully saturated rings. The second-order valence-electron chi connectivity index (χ2n) is 6.73.